The number of aliphatic hydroxyl groups excluding tert-OH is 1. The highest BCUT2D eigenvalue weighted by Crippen LogP contribution is 2.27. The Morgan fingerprint density at radius 2 is 2.11 bits per heavy atom. The van der Waals surface area contributed by atoms with Gasteiger partial charge in [0, 0.05) is 19.0 Å². The summed E-state index contributed by atoms with van der Waals surface area (Å²) in [5.41, 5.74) is -0.455. The van der Waals surface area contributed by atoms with Gasteiger partial charge in [0.25, 0.3) is 0 Å². The number of hydrogen-bond donors (Lipinski definition) is 1. The Labute approximate surface area is 117 Å². The maximum Gasteiger partial charge on any atom is 0.410 e. The summed E-state index contributed by atoms with van der Waals surface area (Å²) in [6.45, 7) is 11.1. The van der Waals surface area contributed by atoms with Gasteiger partial charge in [-0.15, -0.1) is 0 Å². The lowest BCUT2D eigenvalue weighted by Gasteiger charge is -2.26. The largest absolute Gasteiger partial charge is 0.444 e. The van der Waals surface area contributed by atoms with Crippen LogP contribution in [-0.2, 0) is 4.74 Å². The van der Waals surface area contributed by atoms with Crippen LogP contribution in [0.4, 0.5) is 4.79 Å². The molecule has 0 aliphatic carbocycles. The Bertz CT molecular complexity index is 298. The van der Waals surface area contributed by atoms with Crippen LogP contribution >= 0.6 is 0 Å². The molecule has 0 aromatic carbocycles. The van der Waals surface area contributed by atoms with Gasteiger partial charge in [0.1, 0.15) is 5.60 Å². The average molecular weight is 271 g/mol. The Morgan fingerprint density at radius 1 is 1.47 bits per heavy atom. The standard InChI is InChI=1S/C15H29NO3/c1-6-7-11(2)13(17)12-8-9-16(10-12)14(18)19-15(3,4)5/h11-13,17H,6-10H2,1-5H3. The second kappa shape index (κ2) is 6.60. The van der Waals surface area contributed by atoms with Crippen LogP contribution in [0.2, 0.25) is 0 Å². The third-order valence-corrected chi connectivity index (χ3v) is 3.69. The molecule has 112 valence electrons. The first-order valence-electron chi connectivity index (χ1n) is 7.40. The smallest absolute Gasteiger partial charge is 0.410 e. The quantitative estimate of drug-likeness (QED) is 0.855. The topological polar surface area (TPSA) is 49.8 Å². The highest BCUT2D eigenvalue weighted by Gasteiger charge is 2.34. The first-order valence-corrected chi connectivity index (χ1v) is 7.40. The van der Waals surface area contributed by atoms with E-state index in [0.717, 1.165) is 19.3 Å². The van der Waals surface area contributed by atoms with E-state index in [9.17, 15) is 9.90 Å². The van der Waals surface area contributed by atoms with Gasteiger partial charge in [-0.1, -0.05) is 20.3 Å². The summed E-state index contributed by atoms with van der Waals surface area (Å²) < 4.78 is 5.36. The summed E-state index contributed by atoms with van der Waals surface area (Å²) >= 11 is 0. The van der Waals surface area contributed by atoms with Crippen molar-refractivity contribution in [1.82, 2.24) is 4.90 Å². The first kappa shape index (κ1) is 16.3. The second-order valence-corrected chi connectivity index (χ2v) is 6.73. The Morgan fingerprint density at radius 3 is 2.63 bits per heavy atom. The normalized spacial score (nSPS) is 23.3. The van der Waals surface area contributed by atoms with Gasteiger partial charge in [0.15, 0.2) is 0 Å². The van der Waals surface area contributed by atoms with E-state index in [1.807, 2.05) is 20.8 Å². The molecular formula is C15H29NO3. The van der Waals surface area contributed by atoms with Gasteiger partial charge in [-0.2, -0.15) is 0 Å². The summed E-state index contributed by atoms with van der Waals surface area (Å²) in [6, 6.07) is 0. The Balaban J connectivity index is 2.47. The van der Waals surface area contributed by atoms with Gasteiger partial charge in [-0.3, -0.25) is 0 Å². The molecule has 1 saturated heterocycles. The van der Waals surface area contributed by atoms with E-state index in [0.29, 0.717) is 19.0 Å². The van der Waals surface area contributed by atoms with Gasteiger partial charge in [0.2, 0.25) is 0 Å². The Hall–Kier alpha value is -0.770. The molecule has 1 aliphatic heterocycles. The molecule has 0 saturated carbocycles. The van der Waals surface area contributed by atoms with Crippen molar-refractivity contribution in [2.45, 2.75) is 65.6 Å². The lowest BCUT2D eigenvalue weighted by molar-refractivity contribution is 0.0236. The molecule has 19 heavy (non-hydrogen) atoms. The van der Waals surface area contributed by atoms with E-state index in [2.05, 4.69) is 13.8 Å². The fraction of sp³-hybridized carbons (Fsp3) is 0.933. The van der Waals surface area contributed by atoms with Gasteiger partial charge in [-0.25, -0.2) is 4.79 Å². The number of nitrogens with zero attached hydrogens (tertiary/aromatic N) is 1. The molecule has 4 heteroatoms. The maximum atomic E-state index is 11.9. The molecule has 0 aromatic rings. The van der Waals surface area contributed by atoms with Crippen molar-refractivity contribution >= 4 is 6.09 Å². The number of carbonyl (C=O) groups excluding carboxylic acids is 1. The lowest BCUT2D eigenvalue weighted by atomic mass is 9.89. The minimum Gasteiger partial charge on any atom is -0.444 e. The molecule has 0 spiro atoms. The van der Waals surface area contributed by atoms with Crippen LogP contribution in [0.1, 0.15) is 53.9 Å². The molecule has 1 rings (SSSR count). The zero-order chi connectivity index (χ0) is 14.6. The summed E-state index contributed by atoms with van der Waals surface area (Å²) in [5, 5.41) is 10.3. The van der Waals surface area contributed by atoms with Crippen molar-refractivity contribution < 1.29 is 14.6 Å². The number of rotatable bonds is 4. The monoisotopic (exact) mass is 271 g/mol. The van der Waals surface area contributed by atoms with Crippen molar-refractivity contribution in [3.8, 4) is 0 Å². The number of aliphatic hydroxyl groups is 1. The molecule has 3 atom stereocenters. The van der Waals surface area contributed by atoms with Crippen LogP contribution in [0, 0.1) is 11.8 Å². The van der Waals surface area contributed by atoms with Crippen molar-refractivity contribution in [2.75, 3.05) is 13.1 Å². The lowest BCUT2D eigenvalue weighted by Crippen LogP contribution is -2.37. The fourth-order valence-corrected chi connectivity index (χ4v) is 2.65. The van der Waals surface area contributed by atoms with Crippen LogP contribution in [0.15, 0.2) is 0 Å². The highest BCUT2D eigenvalue weighted by molar-refractivity contribution is 5.68. The highest BCUT2D eigenvalue weighted by atomic mass is 16.6. The number of ether oxygens (including phenoxy) is 1. The van der Waals surface area contributed by atoms with Crippen LogP contribution in [0.3, 0.4) is 0 Å². The van der Waals surface area contributed by atoms with Crippen molar-refractivity contribution in [1.29, 1.82) is 0 Å². The van der Waals surface area contributed by atoms with Gasteiger partial charge < -0.3 is 14.7 Å². The molecule has 0 bridgehead atoms. The molecule has 1 amide bonds. The number of carbonyl (C=O) groups is 1. The SMILES string of the molecule is CCCC(C)C(O)C1CCN(C(=O)OC(C)(C)C)C1. The third-order valence-electron chi connectivity index (χ3n) is 3.69. The van der Waals surface area contributed by atoms with Crippen LogP contribution < -0.4 is 0 Å². The average Bonchev–Trinajstić information content (AvgIpc) is 2.75. The number of amides is 1. The summed E-state index contributed by atoms with van der Waals surface area (Å²) in [7, 11) is 0. The molecular weight excluding hydrogens is 242 g/mol. The fourth-order valence-electron chi connectivity index (χ4n) is 2.65. The minimum absolute atomic E-state index is 0.189. The van der Waals surface area contributed by atoms with Gasteiger partial charge in [-0.05, 0) is 39.5 Å². The summed E-state index contributed by atoms with van der Waals surface area (Å²) in [6.07, 6.45) is 2.41. The zero-order valence-electron chi connectivity index (χ0n) is 13.0. The molecule has 1 N–H and O–H groups in total. The van der Waals surface area contributed by atoms with E-state index < -0.39 is 5.60 Å². The Kier molecular flexibility index (Phi) is 5.65. The third kappa shape index (κ3) is 5.01. The van der Waals surface area contributed by atoms with Crippen molar-refractivity contribution in [2.24, 2.45) is 11.8 Å². The van der Waals surface area contributed by atoms with Gasteiger partial charge >= 0.3 is 6.09 Å². The molecule has 1 fully saturated rings. The van der Waals surface area contributed by atoms with E-state index in [4.69, 9.17) is 4.74 Å². The predicted molar refractivity (Wildman–Crippen MR) is 76.0 cm³/mol. The van der Waals surface area contributed by atoms with E-state index in [-0.39, 0.29) is 18.1 Å². The predicted octanol–water partition coefficient (Wildman–Crippen LogP) is 3.04. The van der Waals surface area contributed by atoms with E-state index >= 15 is 0 Å². The number of hydrogen-bond acceptors (Lipinski definition) is 3. The number of likely N-dealkylation sites (tertiary alicyclic amines) is 1. The molecule has 1 aliphatic rings. The molecule has 4 nitrogen and oxygen atoms in total. The molecule has 0 aromatic heterocycles. The maximum absolute atomic E-state index is 11.9. The van der Waals surface area contributed by atoms with E-state index in [1.165, 1.54) is 0 Å². The summed E-state index contributed by atoms with van der Waals surface area (Å²) in [5.74, 6) is 0.489. The van der Waals surface area contributed by atoms with Crippen molar-refractivity contribution in [3.05, 3.63) is 0 Å². The molecule has 1 heterocycles. The van der Waals surface area contributed by atoms with E-state index in [1.54, 1.807) is 4.90 Å². The zero-order valence-corrected chi connectivity index (χ0v) is 13.0. The molecule has 0 radical (unpaired) electrons. The molecule has 3 unspecified atom stereocenters. The van der Waals surface area contributed by atoms with Crippen molar-refractivity contribution in [3.63, 3.8) is 0 Å². The van der Waals surface area contributed by atoms with Gasteiger partial charge in [0.05, 0.1) is 6.10 Å². The van der Waals surface area contributed by atoms with Crippen LogP contribution in [-0.4, -0.2) is 40.9 Å². The summed E-state index contributed by atoms with van der Waals surface area (Å²) in [4.78, 5) is 13.7. The van der Waals surface area contributed by atoms with Crippen LogP contribution in [0.25, 0.3) is 0 Å². The van der Waals surface area contributed by atoms with Crippen LogP contribution in [0.5, 0.6) is 0 Å². The first-order chi connectivity index (χ1) is 8.74. The second-order valence-electron chi connectivity index (χ2n) is 6.73. The minimum atomic E-state index is -0.455.